The average molecular weight is 212 g/mol. The summed E-state index contributed by atoms with van der Waals surface area (Å²) in [4.78, 5) is 4.19. The Labute approximate surface area is 88.2 Å². The highest BCUT2D eigenvalue weighted by Crippen LogP contribution is 2.24. The monoisotopic (exact) mass is 212 g/mol. The van der Waals surface area contributed by atoms with Crippen molar-refractivity contribution >= 4 is 11.3 Å². The number of rotatable bonds is 4. The van der Waals surface area contributed by atoms with Gasteiger partial charge in [-0.25, -0.2) is 4.98 Å². The Bertz CT molecular complexity index is 263. The summed E-state index contributed by atoms with van der Waals surface area (Å²) in [5.74, 6) is 0.454. The van der Waals surface area contributed by atoms with Crippen LogP contribution in [0.15, 0.2) is 11.6 Å². The van der Waals surface area contributed by atoms with Gasteiger partial charge in [0.15, 0.2) is 0 Å². The molecule has 1 aromatic rings. The van der Waals surface area contributed by atoms with Gasteiger partial charge in [0.2, 0.25) is 0 Å². The number of nitrogens with one attached hydrogen (secondary N) is 1. The maximum Gasteiger partial charge on any atom is 0.106 e. The zero-order chi connectivity index (χ0) is 9.80. The average Bonchev–Trinajstić information content (AvgIpc) is 2.78. The zero-order valence-electron chi connectivity index (χ0n) is 8.15. The van der Waals surface area contributed by atoms with E-state index in [1.54, 1.807) is 11.3 Å². The minimum Gasteiger partial charge on any atom is -0.393 e. The molecule has 2 rings (SSSR count). The van der Waals surface area contributed by atoms with Crippen LogP contribution in [0, 0.1) is 5.92 Å². The first-order valence-corrected chi connectivity index (χ1v) is 6.01. The lowest BCUT2D eigenvalue weighted by molar-refractivity contribution is 0.131. The van der Waals surface area contributed by atoms with E-state index in [0.29, 0.717) is 5.92 Å². The summed E-state index contributed by atoms with van der Waals surface area (Å²) >= 11 is 1.67. The molecule has 78 valence electrons. The lowest BCUT2D eigenvalue weighted by atomic mass is 10.1. The number of thiazole rings is 1. The fourth-order valence-corrected chi connectivity index (χ4v) is 2.55. The van der Waals surface area contributed by atoms with E-state index in [9.17, 15) is 5.11 Å². The molecule has 0 aromatic carbocycles. The van der Waals surface area contributed by atoms with E-state index in [4.69, 9.17) is 0 Å². The molecule has 0 amide bonds. The van der Waals surface area contributed by atoms with E-state index < -0.39 is 0 Å². The fraction of sp³-hybridized carbons (Fsp3) is 0.700. The van der Waals surface area contributed by atoms with E-state index in [1.807, 2.05) is 11.6 Å². The van der Waals surface area contributed by atoms with Crippen LogP contribution >= 0.6 is 11.3 Å². The minimum absolute atomic E-state index is 0.0844. The Hall–Kier alpha value is -0.450. The molecule has 2 atom stereocenters. The van der Waals surface area contributed by atoms with Crippen molar-refractivity contribution in [3.63, 3.8) is 0 Å². The maximum atomic E-state index is 9.59. The molecule has 1 fully saturated rings. The van der Waals surface area contributed by atoms with Crippen molar-refractivity contribution in [3.05, 3.63) is 16.6 Å². The summed E-state index contributed by atoms with van der Waals surface area (Å²) in [6.07, 6.45) is 5.05. The quantitative estimate of drug-likeness (QED) is 0.793. The lowest BCUT2D eigenvalue weighted by Crippen LogP contribution is -2.27. The van der Waals surface area contributed by atoms with Crippen LogP contribution in [0.25, 0.3) is 0 Å². The summed E-state index contributed by atoms with van der Waals surface area (Å²) in [6.45, 7) is 1.75. The van der Waals surface area contributed by atoms with Crippen molar-refractivity contribution in [2.24, 2.45) is 5.92 Å². The highest BCUT2D eigenvalue weighted by molar-refractivity contribution is 7.09. The topological polar surface area (TPSA) is 45.1 Å². The van der Waals surface area contributed by atoms with E-state index in [-0.39, 0.29) is 6.10 Å². The molecule has 0 radical (unpaired) electrons. The number of nitrogens with zero attached hydrogens (tertiary/aromatic N) is 1. The molecular formula is C10H16N2OS. The van der Waals surface area contributed by atoms with Crippen LogP contribution in [-0.2, 0) is 6.54 Å². The smallest absolute Gasteiger partial charge is 0.106 e. The van der Waals surface area contributed by atoms with Crippen LogP contribution < -0.4 is 5.32 Å². The largest absolute Gasteiger partial charge is 0.393 e. The minimum atomic E-state index is -0.0844. The van der Waals surface area contributed by atoms with Crippen molar-refractivity contribution in [3.8, 4) is 0 Å². The van der Waals surface area contributed by atoms with E-state index in [0.717, 1.165) is 30.9 Å². The summed E-state index contributed by atoms with van der Waals surface area (Å²) in [5.41, 5.74) is 0. The van der Waals surface area contributed by atoms with E-state index in [2.05, 4.69) is 10.3 Å². The Morgan fingerprint density at radius 1 is 1.57 bits per heavy atom. The third kappa shape index (κ3) is 2.53. The molecule has 0 saturated heterocycles. The highest BCUT2D eigenvalue weighted by atomic mass is 32.1. The van der Waals surface area contributed by atoms with Gasteiger partial charge in [-0.2, -0.15) is 0 Å². The molecule has 2 unspecified atom stereocenters. The molecule has 3 nitrogen and oxygen atoms in total. The Morgan fingerprint density at radius 3 is 3.14 bits per heavy atom. The van der Waals surface area contributed by atoms with Gasteiger partial charge in [0, 0.05) is 24.7 Å². The van der Waals surface area contributed by atoms with Crippen molar-refractivity contribution in [2.75, 3.05) is 6.54 Å². The van der Waals surface area contributed by atoms with Gasteiger partial charge in [-0.05, 0) is 18.8 Å². The molecule has 0 spiro atoms. The van der Waals surface area contributed by atoms with Gasteiger partial charge >= 0.3 is 0 Å². The molecule has 14 heavy (non-hydrogen) atoms. The fourth-order valence-electron chi connectivity index (χ4n) is 1.96. The molecule has 1 saturated carbocycles. The molecule has 4 heteroatoms. The van der Waals surface area contributed by atoms with Crippen LogP contribution in [0.2, 0.25) is 0 Å². The van der Waals surface area contributed by atoms with Crippen molar-refractivity contribution in [1.82, 2.24) is 10.3 Å². The van der Waals surface area contributed by atoms with Crippen LogP contribution in [0.4, 0.5) is 0 Å². The summed E-state index contributed by atoms with van der Waals surface area (Å²) in [5, 5.41) is 16.1. The normalized spacial score (nSPS) is 26.9. The van der Waals surface area contributed by atoms with Crippen molar-refractivity contribution in [1.29, 1.82) is 0 Å². The van der Waals surface area contributed by atoms with Crippen LogP contribution in [-0.4, -0.2) is 22.7 Å². The number of aliphatic hydroxyl groups is 1. The van der Waals surface area contributed by atoms with Crippen LogP contribution in [0.3, 0.4) is 0 Å². The van der Waals surface area contributed by atoms with Gasteiger partial charge in [0.25, 0.3) is 0 Å². The first-order chi connectivity index (χ1) is 6.86. The van der Waals surface area contributed by atoms with Crippen LogP contribution in [0.1, 0.15) is 24.3 Å². The maximum absolute atomic E-state index is 9.59. The summed E-state index contributed by atoms with van der Waals surface area (Å²) in [7, 11) is 0. The first-order valence-electron chi connectivity index (χ1n) is 5.13. The SMILES string of the molecule is OC1CCCC1CNCc1nccs1. The lowest BCUT2D eigenvalue weighted by Gasteiger charge is -2.14. The van der Waals surface area contributed by atoms with Gasteiger partial charge < -0.3 is 10.4 Å². The van der Waals surface area contributed by atoms with Gasteiger partial charge in [-0.1, -0.05) is 6.42 Å². The Kier molecular flexibility index (Phi) is 3.50. The predicted molar refractivity (Wildman–Crippen MR) is 57.2 cm³/mol. The van der Waals surface area contributed by atoms with Gasteiger partial charge in [0.1, 0.15) is 5.01 Å². The zero-order valence-corrected chi connectivity index (χ0v) is 8.96. The molecule has 0 bridgehead atoms. The van der Waals surface area contributed by atoms with Crippen molar-refractivity contribution < 1.29 is 5.11 Å². The third-order valence-corrected chi connectivity index (χ3v) is 3.56. The van der Waals surface area contributed by atoms with Gasteiger partial charge in [-0.3, -0.25) is 0 Å². The number of aliphatic hydroxyl groups excluding tert-OH is 1. The van der Waals surface area contributed by atoms with Gasteiger partial charge in [-0.15, -0.1) is 11.3 Å². The second-order valence-electron chi connectivity index (χ2n) is 3.82. The molecule has 1 aliphatic carbocycles. The molecule has 0 aliphatic heterocycles. The van der Waals surface area contributed by atoms with Crippen molar-refractivity contribution in [2.45, 2.75) is 31.9 Å². The highest BCUT2D eigenvalue weighted by Gasteiger charge is 2.24. The molecule has 1 aliphatic rings. The first kappa shape index (κ1) is 10.1. The van der Waals surface area contributed by atoms with E-state index >= 15 is 0 Å². The predicted octanol–water partition coefficient (Wildman–Crippen LogP) is 1.39. The molecular weight excluding hydrogens is 196 g/mol. The van der Waals surface area contributed by atoms with Gasteiger partial charge in [0.05, 0.1) is 6.10 Å². The molecule has 2 N–H and O–H groups in total. The summed E-state index contributed by atoms with van der Waals surface area (Å²) in [6, 6.07) is 0. The second-order valence-corrected chi connectivity index (χ2v) is 4.79. The Balaban J connectivity index is 1.68. The molecule has 1 aromatic heterocycles. The second kappa shape index (κ2) is 4.87. The Morgan fingerprint density at radius 2 is 2.50 bits per heavy atom. The number of hydrogen-bond acceptors (Lipinski definition) is 4. The standard InChI is InChI=1S/C10H16N2OS/c13-9-3-1-2-8(9)6-11-7-10-12-4-5-14-10/h4-5,8-9,11,13H,1-3,6-7H2. The number of aromatic nitrogens is 1. The van der Waals surface area contributed by atoms with E-state index in [1.165, 1.54) is 6.42 Å². The van der Waals surface area contributed by atoms with Crippen LogP contribution in [0.5, 0.6) is 0 Å². The summed E-state index contributed by atoms with van der Waals surface area (Å²) < 4.78 is 0. The molecule has 1 heterocycles. The third-order valence-electron chi connectivity index (χ3n) is 2.79. The number of hydrogen-bond donors (Lipinski definition) is 2.